The molecule has 1 saturated heterocycles. The van der Waals surface area contributed by atoms with E-state index in [9.17, 15) is 25.1 Å². The highest BCUT2D eigenvalue weighted by molar-refractivity contribution is 5.95. The minimum absolute atomic E-state index is 0.133. The molecular formula is C11H12N2O5. The van der Waals surface area contributed by atoms with Crippen molar-refractivity contribution in [1.29, 1.82) is 0 Å². The van der Waals surface area contributed by atoms with Crippen LogP contribution < -0.4 is 0 Å². The van der Waals surface area contributed by atoms with Crippen molar-refractivity contribution in [3.05, 3.63) is 33.9 Å². The number of hydrogen-bond acceptors (Lipinski definition) is 5. The van der Waals surface area contributed by atoms with Gasteiger partial charge in [-0.3, -0.25) is 14.9 Å². The van der Waals surface area contributed by atoms with E-state index < -0.39 is 22.5 Å². The van der Waals surface area contributed by atoms with Crippen molar-refractivity contribution >= 4 is 11.6 Å². The summed E-state index contributed by atoms with van der Waals surface area (Å²) < 4.78 is 0. The van der Waals surface area contributed by atoms with Crippen LogP contribution in [0.15, 0.2) is 18.2 Å². The molecule has 96 valence electrons. The first-order valence-corrected chi connectivity index (χ1v) is 5.44. The molecule has 18 heavy (non-hydrogen) atoms. The molecule has 1 amide bonds. The van der Waals surface area contributed by atoms with Gasteiger partial charge in [-0.2, -0.15) is 0 Å². The summed E-state index contributed by atoms with van der Waals surface area (Å²) in [5.41, 5.74) is -0.366. The number of aromatic hydroxyl groups is 1. The molecule has 0 aliphatic carbocycles. The number of nitro groups is 1. The zero-order valence-electron chi connectivity index (χ0n) is 9.44. The maximum absolute atomic E-state index is 12.0. The summed E-state index contributed by atoms with van der Waals surface area (Å²) in [6, 6.07) is 3.50. The summed E-state index contributed by atoms with van der Waals surface area (Å²) in [5, 5.41) is 29.3. The zero-order chi connectivity index (χ0) is 13.3. The van der Waals surface area contributed by atoms with Gasteiger partial charge in [0.2, 0.25) is 0 Å². The van der Waals surface area contributed by atoms with Crippen LogP contribution in [0.5, 0.6) is 5.75 Å². The molecule has 1 aromatic rings. The fraction of sp³-hybridized carbons (Fsp3) is 0.364. The number of amides is 1. The molecule has 0 aromatic heterocycles. The molecule has 2 N–H and O–H groups in total. The molecule has 2 rings (SSSR count). The van der Waals surface area contributed by atoms with E-state index in [1.807, 2.05) is 0 Å². The third kappa shape index (κ3) is 2.25. The van der Waals surface area contributed by atoms with E-state index in [-0.39, 0.29) is 18.0 Å². The van der Waals surface area contributed by atoms with Crippen molar-refractivity contribution in [2.24, 2.45) is 0 Å². The molecule has 7 heteroatoms. The normalized spacial score (nSPS) is 18.9. The van der Waals surface area contributed by atoms with Gasteiger partial charge in [-0.1, -0.05) is 0 Å². The number of carbonyl (C=O) groups is 1. The highest BCUT2D eigenvalue weighted by atomic mass is 16.6. The summed E-state index contributed by atoms with van der Waals surface area (Å²) in [6.45, 7) is 0.655. The molecule has 1 heterocycles. The average Bonchev–Trinajstić information content (AvgIpc) is 2.75. The first-order chi connectivity index (χ1) is 8.49. The smallest absolute Gasteiger partial charge is 0.311 e. The van der Waals surface area contributed by atoms with Crippen molar-refractivity contribution in [3.8, 4) is 5.75 Å². The van der Waals surface area contributed by atoms with Crippen molar-refractivity contribution < 1.29 is 19.9 Å². The molecular weight excluding hydrogens is 240 g/mol. The second kappa shape index (κ2) is 4.61. The van der Waals surface area contributed by atoms with Crippen molar-refractivity contribution in [1.82, 2.24) is 4.90 Å². The molecule has 1 atom stereocenters. The maximum atomic E-state index is 12.0. The maximum Gasteiger partial charge on any atom is 0.311 e. The zero-order valence-corrected chi connectivity index (χ0v) is 9.44. The molecule has 1 aliphatic heterocycles. The van der Waals surface area contributed by atoms with Gasteiger partial charge in [-0.05, 0) is 18.6 Å². The van der Waals surface area contributed by atoms with E-state index in [0.717, 1.165) is 12.1 Å². The standard InChI is InChI=1S/C11H12N2O5/c14-8-3-4-12(6-8)11(16)7-1-2-10(15)9(5-7)13(17)18/h1-2,5,8,14-15H,3-4,6H2/t8-/m0/s1. The van der Waals surface area contributed by atoms with Crippen molar-refractivity contribution in [2.75, 3.05) is 13.1 Å². The minimum atomic E-state index is -0.745. The lowest BCUT2D eigenvalue weighted by Crippen LogP contribution is -2.29. The minimum Gasteiger partial charge on any atom is -0.502 e. The lowest BCUT2D eigenvalue weighted by Gasteiger charge is -2.15. The van der Waals surface area contributed by atoms with E-state index in [1.54, 1.807) is 0 Å². The molecule has 0 saturated carbocycles. The first kappa shape index (κ1) is 12.3. The Labute approximate surface area is 102 Å². The van der Waals surface area contributed by atoms with Gasteiger partial charge in [0.15, 0.2) is 5.75 Å². The van der Waals surface area contributed by atoms with Gasteiger partial charge in [0, 0.05) is 24.7 Å². The van der Waals surface area contributed by atoms with Gasteiger partial charge in [0.05, 0.1) is 11.0 Å². The largest absolute Gasteiger partial charge is 0.502 e. The molecule has 0 spiro atoms. The van der Waals surface area contributed by atoms with E-state index in [2.05, 4.69) is 0 Å². The Kier molecular flexibility index (Phi) is 3.15. The molecule has 7 nitrogen and oxygen atoms in total. The molecule has 1 aliphatic rings. The van der Waals surface area contributed by atoms with E-state index in [0.29, 0.717) is 13.0 Å². The Morgan fingerprint density at radius 3 is 2.78 bits per heavy atom. The van der Waals surface area contributed by atoms with Gasteiger partial charge in [0.25, 0.3) is 5.91 Å². The SMILES string of the molecule is O=C(c1ccc(O)c([N+](=O)[O-])c1)N1CC[C@H](O)C1. The molecule has 0 unspecified atom stereocenters. The first-order valence-electron chi connectivity index (χ1n) is 5.44. The van der Waals surface area contributed by atoms with Gasteiger partial charge in [-0.25, -0.2) is 0 Å². The lowest BCUT2D eigenvalue weighted by molar-refractivity contribution is -0.385. The van der Waals surface area contributed by atoms with E-state index in [4.69, 9.17) is 0 Å². The number of carbonyl (C=O) groups excluding carboxylic acids is 1. The molecule has 0 bridgehead atoms. The summed E-state index contributed by atoms with van der Waals surface area (Å²) in [6.07, 6.45) is -0.0348. The number of hydrogen-bond donors (Lipinski definition) is 2. The monoisotopic (exact) mass is 252 g/mol. The lowest BCUT2D eigenvalue weighted by atomic mass is 10.1. The number of nitrogens with zero attached hydrogens (tertiary/aromatic N) is 2. The Bertz CT molecular complexity index is 502. The predicted molar refractivity (Wildman–Crippen MR) is 61.3 cm³/mol. The third-order valence-electron chi connectivity index (χ3n) is 2.87. The third-order valence-corrected chi connectivity index (χ3v) is 2.87. The Morgan fingerprint density at radius 2 is 2.22 bits per heavy atom. The number of β-amino-alcohol motifs (C(OH)–C–C–N with tert-alkyl or cyclic N) is 1. The Balaban J connectivity index is 2.26. The molecule has 1 fully saturated rings. The second-order valence-corrected chi connectivity index (χ2v) is 4.15. The van der Waals surface area contributed by atoms with Crippen molar-refractivity contribution in [3.63, 3.8) is 0 Å². The number of aliphatic hydroxyl groups excluding tert-OH is 1. The van der Waals surface area contributed by atoms with Crippen LogP contribution in [0.2, 0.25) is 0 Å². The van der Waals surface area contributed by atoms with Crippen LogP contribution in [0.3, 0.4) is 0 Å². The summed E-state index contributed by atoms with van der Waals surface area (Å²) in [7, 11) is 0. The Morgan fingerprint density at radius 1 is 1.50 bits per heavy atom. The van der Waals surface area contributed by atoms with E-state index >= 15 is 0 Å². The topological polar surface area (TPSA) is 104 Å². The summed E-state index contributed by atoms with van der Waals surface area (Å²) >= 11 is 0. The highest BCUT2D eigenvalue weighted by Gasteiger charge is 2.27. The van der Waals surface area contributed by atoms with Crippen LogP contribution in [0.4, 0.5) is 5.69 Å². The number of likely N-dealkylation sites (tertiary alicyclic amines) is 1. The van der Waals surface area contributed by atoms with Crippen LogP contribution in [0.25, 0.3) is 0 Å². The van der Waals surface area contributed by atoms with Crippen LogP contribution >= 0.6 is 0 Å². The average molecular weight is 252 g/mol. The number of aliphatic hydroxyl groups is 1. The molecule has 0 radical (unpaired) electrons. The fourth-order valence-electron chi connectivity index (χ4n) is 1.91. The molecule has 1 aromatic carbocycles. The van der Waals surface area contributed by atoms with Crippen LogP contribution in [-0.2, 0) is 0 Å². The number of benzene rings is 1. The van der Waals surface area contributed by atoms with Gasteiger partial charge in [-0.15, -0.1) is 0 Å². The quantitative estimate of drug-likeness (QED) is 0.589. The van der Waals surface area contributed by atoms with Crippen molar-refractivity contribution in [2.45, 2.75) is 12.5 Å². The number of phenols is 1. The predicted octanol–water partition coefficient (Wildman–Crippen LogP) is 0.507. The van der Waals surface area contributed by atoms with E-state index in [1.165, 1.54) is 11.0 Å². The fourth-order valence-corrected chi connectivity index (χ4v) is 1.91. The second-order valence-electron chi connectivity index (χ2n) is 4.15. The highest BCUT2D eigenvalue weighted by Crippen LogP contribution is 2.27. The van der Waals surface area contributed by atoms with Gasteiger partial charge < -0.3 is 15.1 Å². The van der Waals surface area contributed by atoms with Crippen LogP contribution in [0, 0.1) is 10.1 Å². The van der Waals surface area contributed by atoms with Crippen LogP contribution in [-0.4, -0.2) is 45.1 Å². The number of phenolic OH excluding ortho intramolecular Hbond substituents is 1. The van der Waals surface area contributed by atoms with Crippen LogP contribution in [0.1, 0.15) is 16.8 Å². The number of nitro benzene ring substituents is 1. The number of rotatable bonds is 2. The van der Waals surface area contributed by atoms with Gasteiger partial charge >= 0.3 is 5.69 Å². The summed E-state index contributed by atoms with van der Waals surface area (Å²) in [5.74, 6) is -0.854. The Hall–Kier alpha value is -2.15. The summed E-state index contributed by atoms with van der Waals surface area (Å²) in [4.78, 5) is 23.3. The van der Waals surface area contributed by atoms with Gasteiger partial charge in [0.1, 0.15) is 0 Å².